The second-order valence-electron chi connectivity index (χ2n) is 11.8. The molecule has 3 saturated heterocycles. The van der Waals surface area contributed by atoms with Crippen molar-refractivity contribution in [3.05, 3.63) is 58.7 Å². The summed E-state index contributed by atoms with van der Waals surface area (Å²) in [6.07, 6.45) is -11.6. The average molecular weight is 609 g/mol. The maximum Gasteiger partial charge on any atom is 0.147 e. The van der Waals surface area contributed by atoms with E-state index < -0.39 is 74.3 Å². The summed E-state index contributed by atoms with van der Waals surface area (Å²) in [4.78, 5) is 0. The van der Waals surface area contributed by atoms with Crippen molar-refractivity contribution in [2.75, 3.05) is 26.4 Å². The molecular formula is C33H36O11. The second-order valence-corrected chi connectivity index (χ2v) is 11.8. The van der Waals surface area contributed by atoms with Crippen LogP contribution in [0.25, 0.3) is 11.1 Å². The molecule has 4 aliphatic rings. The van der Waals surface area contributed by atoms with E-state index in [0.717, 1.165) is 35.1 Å². The number of benzene rings is 2. The lowest BCUT2D eigenvalue weighted by atomic mass is 9.72. The molecule has 3 fully saturated rings. The first-order chi connectivity index (χ1) is 21.2. The number of aliphatic hydroxyl groups excluding tert-OH is 8. The first-order valence-corrected chi connectivity index (χ1v) is 14.7. The van der Waals surface area contributed by atoms with Gasteiger partial charge in [0, 0.05) is 29.8 Å². The van der Waals surface area contributed by atoms with Crippen molar-refractivity contribution in [3.63, 3.8) is 0 Å². The molecule has 11 heteroatoms. The number of ether oxygens (including phenoxy) is 3. The molecule has 1 spiro atoms. The minimum absolute atomic E-state index is 0.370. The third-order valence-electron chi connectivity index (χ3n) is 9.21. The molecule has 10 atom stereocenters. The average Bonchev–Trinajstić information content (AvgIpc) is 3.29. The van der Waals surface area contributed by atoms with E-state index in [0.29, 0.717) is 24.3 Å². The lowest BCUT2D eigenvalue weighted by Crippen LogP contribution is -2.58. The Kier molecular flexibility index (Phi) is 8.83. The van der Waals surface area contributed by atoms with Crippen molar-refractivity contribution < 1.29 is 55.1 Å². The zero-order chi connectivity index (χ0) is 31.2. The summed E-state index contributed by atoms with van der Waals surface area (Å²) >= 11 is 0. The zero-order valence-electron chi connectivity index (χ0n) is 23.8. The summed E-state index contributed by atoms with van der Waals surface area (Å²) < 4.78 is 16.8. The number of fused-ring (bicyclic) bond motifs is 5. The van der Waals surface area contributed by atoms with Gasteiger partial charge in [-0.25, -0.2) is 0 Å². The molecule has 11 nitrogen and oxygen atoms in total. The van der Waals surface area contributed by atoms with E-state index >= 15 is 0 Å². The van der Waals surface area contributed by atoms with Gasteiger partial charge in [-0.05, 0) is 59.4 Å². The van der Waals surface area contributed by atoms with Gasteiger partial charge in [0.05, 0.1) is 13.2 Å². The molecule has 0 saturated carbocycles. The van der Waals surface area contributed by atoms with Crippen molar-refractivity contribution in [2.45, 2.75) is 79.3 Å². The van der Waals surface area contributed by atoms with Gasteiger partial charge in [-0.3, -0.25) is 0 Å². The van der Waals surface area contributed by atoms with E-state index in [-0.39, 0.29) is 5.41 Å². The smallest absolute Gasteiger partial charge is 0.147 e. The lowest BCUT2D eigenvalue weighted by Gasteiger charge is -2.37. The molecule has 0 bridgehead atoms. The van der Waals surface area contributed by atoms with Crippen molar-refractivity contribution in [2.24, 2.45) is 0 Å². The maximum atomic E-state index is 10.4. The zero-order valence-corrected chi connectivity index (χ0v) is 23.8. The fourth-order valence-corrected chi connectivity index (χ4v) is 6.66. The molecule has 8 N–H and O–H groups in total. The molecule has 2 aromatic carbocycles. The van der Waals surface area contributed by atoms with Gasteiger partial charge in [0.1, 0.15) is 61.0 Å². The molecule has 234 valence electrons. The molecule has 44 heavy (non-hydrogen) atoms. The molecular weight excluding hydrogens is 572 g/mol. The van der Waals surface area contributed by atoms with Crippen LogP contribution in [0.2, 0.25) is 0 Å². The highest BCUT2D eigenvalue weighted by atomic mass is 16.5. The quantitative estimate of drug-likeness (QED) is 0.179. The van der Waals surface area contributed by atoms with Gasteiger partial charge in [-0.1, -0.05) is 35.8 Å². The van der Waals surface area contributed by atoms with Crippen LogP contribution in [0.4, 0.5) is 0 Å². The highest BCUT2D eigenvalue weighted by molar-refractivity contribution is 5.82. The normalized spacial score (nSPS) is 35.5. The van der Waals surface area contributed by atoms with Crippen molar-refractivity contribution in [1.29, 1.82) is 0 Å². The Morgan fingerprint density at radius 3 is 1.45 bits per heavy atom. The fourth-order valence-electron chi connectivity index (χ4n) is 6.66. The van der Waals surface area contributed by atoms with Gasteiger partial charge in [0.2, 0.25) is 0 Å². The molecule has 2 aromatic rings. The van der Waals surface area contributed by atoms with Crippen molar-refractivity contribution in [1.82, 2.24) is 0 Å². The maximum absolute atomic E-state index is 10.4. The molecule has 6 rings (SSSR count). The Balaban J connectivity index is 1.31. The summed E-state index contributed by atoms with van der Waals surface area (Å²) in [6, 6.07) is 11.7. The van der Waals surface area contributed by atoms with Crippen LogP contribution in [0.5, 0.6) is 0 Å². The number of hydrogen-bond donors (Lipinski definition) is 8. The van der Waals surface area contributed by atoms with Crippen LogP contribution in [0.3, 0.4) is 0 Å². The van der Waals surface area contributed by atoms with E-state index in [1.54, 1.807) is 0 Å². The van der Waals surface area contributed by atoms with Gasteiger partial charge in [-0.15, -0.1) is 0 Å². The second kappa shape index (κ2) is 12.5. The van der Waals surface area contributed by atoms with Crippen LogP contribution < -0.4 is 0 Å². The van der Waals surface area contributed by atoms with Crippen molar-refractivity contribution >= 4 is 0 Å². The molecule has 10 unspecified atom stereocenters. The standard InChI is InChI=1S/C33H36O11/c34-15-25-29(38)31(40)27(36)23(43-25)7-3-17-1-5-19-20-6-2-18(4-8-24-28(37)32(41)30(39)26(16-35)44-24)14-22(20)33(21(19)13-17)9-11-42-12-10-33/h1-2,5-6,13-14,23-32,34-41H,9-12,15-16H2. The Morgan fingerprint density at radius 1 is 0.614 bits per heavy atom. The SMILES string of the molecule is OCC1OC(C#Cc2ccc3c(c2)C2(CCOCC2)c2cc(C#CC4OC(CO)C(O)C(O)C4O)ccc2-3)C(O)C(O)C1O. The fraction of sp³-hybridized carbons (Fsp3) is 0.515. The van der Waals surface area contributed by atoms with Crippen LogP contribution in [-0.4, -0.2) is 128 Å². The van der Waals surface area contributed by atoms with Gasteiger partial charge in [-0.2, -0.15) is 0 Å². The monoisotopic (exact) mass is 608 g/mol. The first kappa shape index (κ1) is 31.1. The number of rotatable bonds is 2. The molecule has 3 aliphatic heterocycles. The van der Waals surface area contributed by atoms with E-state index in [1.807, 2.05) is 36.4 Å². The van der Waals surface area contributed by atoms with E-state index in [4.69, 9.17) is 14.2 Å². The van der Waals surface area contributed by atoms with Gasteiger partial charge in [0.15, 0.2) is 0 Å². The summed E-state index contributed by atoms with van der Waals surface area (Å²) in [7, 11) is 0. The summed E-state index contributed by atoms with van der Waals surface area (Å²) in [5.41, 5.74) is 5.22. The molecule has 0 aromatic heterocycles. The predicted molar refractivity (Wildman–Crippen MR) is 154 cm³/mol. The summed E-state index contributed by atoms with van der Waals surface area (Å²) in [5.74, 6) is 11.8. The van der Waals surface area contributed by atoms with E-state index in [1.165, 1.54) is 0 Å². The number of aliphatic hydroxyl groups is 8. The lowest BCUT2D eigenvalue weighted by molar-refractivity contribution is -0.214. The Labute approximate surface area is 254 Å². The molecule has 3 heterocycles. The van der Waals surface area contributed by atoms with Gasteiger partial charge in [0.25, 0.3) is 0 Å². The summed E-state index contributed by atoms with van der Waals surface area (Å²) in [5, 5.41) is 80.1. The number of hydrogen-bond acceptors (Lipinski definition) is 11. The minimum Gasteiger partial charge on any atom is -0.394 e. The van der Waals surface area contributed by atoms with Gasteiger partial charge >= 0.3 is 0 Å². The van der Waals surface area contributed by atoms with Crippen LogP contribution >= 0.6 is 0 Å². The summed E-state index contributed by atoms with van der Waals surface area (Å²) in [6.45, 7) is 0.0558. The largest absolute Gasteiger partial charge is 0.394 e. The van der Waals surface area contributed by atoms with Crippen LogP contribution in [0, 0.1) is 23.7 Å². The van der Waals surface area contributed by atoms with E-state index in [2.05, 4.69) is 23.7 Å². The van der Waals surface area contributed by atoms with E-state index in [9.17, 15) is 40.9 Å². The predicted octanol–water partition coefficient (Wildman–Crippen LogP) is -1.85. The topological polar surface area (TPSA) is 190 Å². The van der Waals surface area contributed by atoms with Crippen LogP contribution in [-0.2, 0) is 19.6 Å². The third-order valence-corrected chi connectivity index (χ3v) is 9.21. The van der Waals surface area contributed by atoms with Crippen LogP contribution in [0.15, 0.2) is 36.4 Å². The minimum atomic E-state index is -1.50. The highest BCUT2D eigenvalue weighted by Crippen LogP contribution is 2.54. The Hall–Kier alpha value is -2.88. The van der Waals surface area contributed by atoms with Gasteiger partial charge < -0.3 is 55.1 Å². The molecule has 0 radical (unpaired) electrons. The Bertz CT molecular complexity index is 1390. The first-order valence-electron chi connectivity index (χ1n) is 14.7. The Morgan fingerprint density at radius 2 is 1.05 bits per heavy atom. The highest BCUT2D eigenvalue weighted by Gasteiger charge is 2.46. The molecule has 1 aliphatic carbocycles. The third kappa shape index (κ3) is 5.35. The molecule has 0 amide bonds. The van der Waals surface area contributed by atoms with Crippen LogP contribution in [0.1, 0.15) is 35.1 Å². The van der Waals surface area contributed by atoms with Crippen molar-refractivity contribution in [3.8, 4) is 34.8 Å².